The van der Waals surface area contributed by atoms with E-state index in [-0.39, 0.29) is 11.0 Å². The summed E-state index contributed by atoms with van der Waals surface area (Å²) in [6, 6.07) is 15.3. The molecule has 0 bridgehead atoms. The smallest absolute Gasteiger partial charge is 0.331 e. The number of benzene rings is 2. The van der Waals surface area contributed by atoms with Gasteiger partial charge in [0, 0.05) is 6.54 Å². The van der Waals surface area contributed by atoms with Crippen molar-refractivity contribution in [2.24, 2.45) is 0 Å². The fraction of sp³-hybridized carbons (Fsp3) is 0.278. The van der Waals surface area contributed by atoms with Gasteiger partial charge in [-0.05, 0) is 24.6 Å². The van der Waals surface area contributed by atoms with Crippen molar-refractivity contribution in [3.63, 3.8) is 0 Å². The number of nitrogens with one attached hydrogen (secondary N) is 1. The number of carbonyl (C=O) groups excluding carboxylic acids is 1. The molecule has 1 atom stereocenters. The summed E-state index contributed by atoms with van der Waals surface area (Å²) in [5.74, 6) is 0. The number of urea groups is 1. The number of hydrogen-bond donors (Lipinski definition) is 1. The van der Waals surface area contributed by atoms with Gasteiger partial charge in [0.25, 0.3) is 10.0 Å². The predicted octanol–water partition coefficient (Wildman–Crippen LogP) is 2.47. The molecule has 0 aromatic heterocycles. The summed E-state index contributed by atoms with van der Waals surface area (Å²) in [4.78, 5) is 13.9. The molecule has 2 amide bonds. The van der Waals surface area contributed by atoms with Crippen molar-refractivity contribution < 1.29 is 17.9 Å². The zero-order valence-electron chi connectivity index (χ0n) is 13.9. The molecule has 1 aliphatic rings. The Morgan fingerprint density at radius 1 is 1.12 bits per heavy atom. The average molecular weight is 360 g/mol. The van der Waals surface area contributed by atoms with Crippen LogP contribution < -0.4 is 4.72 Å². The van der Waals surface area contributed by atoms with Crippen LogP contribution in [0.5, 0.6) is 0 Å². The third kappa shape index (κ3) is 4.18. The van der Waals surface area contributed by atoms with Crippen LogP contribution >= 0.6 is 0 Å². The number of ether oxygens (including phenoxy) is 1. The molecule has 0 radical (unpaired) electrons. The van der Waals surface area contributed by atoms with E-state index in [9.17, 15) is 13.2 Å². The van der Waals surface area contributed by atoms with E-state index in [4.69, 9.17) is 4.74 Å². The van der Waals surface area contributed by atoms with E-state index in [1.165, 1.54) is 17.0 Å². The Kier molecular flexibility index (Phi) is 5.06. The van der Waals surface area contributed by atoms with Crippen molar-refractivity contribution >= 4 is 16.1 Å². The summed E-state index contributed by atoms with van der Waals surface area (Å²) >= 11 is 0. The van der Waals surface area contributed by atoms with Crippen LogP contribution in [0.2, 0.25) is 0 Å². The molecule has 1 saturated heterocycles. The highest BCUT2D eigenvalue weighted by molar-refractivity contribution is 7.90. The van der Waals surface area contributed by atoms with Gasteiger partial charge in [0.05, 0.1) is 18.0 Å². The quantitative estimate of drug-likeness (QED) is 0.912. The highest BCUT2D eigenvalue weighted by Gasteiger charge is 2.28. The van der Waals surface area contributed by atoms with E-state index >= 15 is 0 Å². The molecule has 1 aliphatic heterocycles. The summed E-state index contributed by atoms with van der Waals surface area (Å²) in [5, 5.41) is 0. The first-order valence-electron chi connectivity index (χ1n) is 8.01. The molecule has 6 nitrogen and oxygen atoms in total. The maximum atomic E-state index is 12.4. The van der Waals surface area contributed by atoms with E-state index in [0.717, 1.165) is 11.1 Å². The minimum Gasteiger partial charge on any atom is -0.370 e. The van der Waals surface area contributed by atoms with E-state index in [2.05, 4.69) is 4.72 Å². The number of hydrogen-bond acceptors (Lipinski definition) is 4. The van der Waals surface area contributed by atoms with Crippen molar-refractivity contribution in [1.82, 2.24) is 9.62 Å². The van der Waals surface area contributed by atoms with E-state index in [1.807, 2.05) is 37.3 Å². The molecule has 7 heteroatoms. The third-order valence-corrected chi connectivity index (χ3v) is 5.41. The maximum Gasteiger partial charge on any atom is 0.331 e. The fourth-order valence-corrected chi connectivity index (χ4v) is 3.63. The van der Waals surface area contributed by atoms with Crippen LogP contribution in [0.15, 0.2) is 59.5 Å². The van der Waals surface area contributed by atoms with Crippen LogP contribution in [0.3, 0.4) is 0 Å². The molecule has 1 unspecified atom stereocenters. The summed E-state index contributed by atoms with van der Waals surface area (Å²) < 4.78 is 32.6. The van der Waals surface area contributed by atoms with Crippen LogP contribution in [0.1, 0.15) is 17.2 Å². The van der Waals surface area contributed by atoms with Crippen molar-refractivity contribution in [3.05, 3.63) is 65.7 Å². The minimum atomic E-state index is -3.89. The van der Waals surface area contributed by atoms with Crippen molar-refractivity contribution in [2.45, 2.75) is 17.9 Å². The second-order valence-electron chi connectivity index (χ2n) is 5.94. The Hall–Kier alpha value is -2.38. The molecule has 25 heavy (non-hydrogen) atoms. The summed E-state index contributed by atoms with van der Waals surface area (Å²) in [7, 11) is -3.89. The molecule has 0 saturated carbocycles. The van der Waals surface area contributed by atoms with Gasteiger partial charge in [-0.25, -0.2) is 17.9 Å². The van der Waals surface area contributed by atoms with Gasteiger partial charge >= 0.3 is 6.03 Å². The molecular formula is C18H20N2O4S. The molecule has 2 aromatic rings. The first-order chi connectivity index (χ1) is 12.0. The second-order valence-corrected chi connectivity index (χ2v) is 7.62. The number of sulfonamides is 1. The lowest BCUT2D eigenvalue weighted by molar-refractivity contribution is -0.0147. The standard InChI is InChI=1S/C18H20N2O4S/c1-14-7-9-16(10-8-14)25(22,23)19-18(21)20-11-12-24-17(13-20)15-5-3-2-4-6-15/h2-10,17H,11-13H2,1H3,(H,19,21). The number of nitrogens with zero attached hydrogens (tertiary/aromatic N) is 1. The maximum absolute atomic E-state index is 12.4. The zero-order chi connectivity index (χ0) is 17.9. The van der Waals surface area contributed by atoms with Crippen LogP contribution in [-0.2, 0) is 14.8 Å². The lowest BCUT2D eigenvalue weighted by Crippen LogP contribution is -2.48. The number of carbonyl (C=O) groups is 1. The largest absolute Gasteiger partial charge is 0.370 e. The van der Waals surface area contributed by atoms with Crippen molar-refractivity contribution in [2.75, 3.05) is 19.7 Å². The predicted molar refractivity (Wildman–Crippen MR) is 93.6 cm³/mol. The topological polar surface area (TPSA) is 75.7 Å². The summed E-state index contributed by atoms with van der Waals surface area (Å²) in [6.45, 7) is 2.88. The third-order valence-electron chi connectivity index (χ3n) is 4.08. The van der Waals surface area contributed by atoms with Gasteiger partial charge in [-0.1, -0.05) is 48.0 Å². The van der Waals surface area contributed by atoms with Crippen LogP contribution in [0.4, 0.5) is 4.79 Å². The van der Waals surface area contributed by atoms with Gasteiger partial charge in [-0.2, -0.15) is 0 Å². The monoisotopic (exact) mass is 360 g/mol. The molecule has 3 rings (SSSR count). The Morgan fingerprint density at radius 3 is 2.48 bits per heavy atom. The highest BCUT2D eigenvalue weighted by Crippen LogP contribution is 2.22. The Bertz CT molecular complexity index is 835. The van der Waals surface area contributed by atoms with Gasteiger partial charge in [0.2, 0.25) is 0 Å². The van der Waals surface area contributed by atoms with Gasteiger partial charge < -0.3 is 9.64 Å². The van der Waals surface area contributed by atoms with Crippen LogP contribution in [0, 0.1) is 6.92 Å². The Balaban J connectivity index is 1.69. The lowest BCUT2D eigenvalue weighted by Gasteiger charge is -2.33. The van der Waals surface area contributed by atoms with Crippen molar-refractivity contribution in [3.8, 4) is 0 Å². The Morgan fingerprint density at radius 2 is 1.80 bits per heavy atom. The SMILES string of the molecule is Cc1ccc(S(=O)(=O)NC(=O)N2CCOC(c3ccccc3)C2)cc1. The van der Waals surface area contributed by atoms with Gasteiger partial charge in [-0.3, -0.25) is 0 Å². The van der Waals surface area contributed by atoms with Crippen molar-refractivity contribution in [1.29, 1.82) is 0 Å². The first kappa shape index (κ1) is 17.4. The number of amides is 2. The molecule has 0 spiro atoms. The number of aryl methyl sites for hydroxylation is 1. The molecule has 1 N–H and O–H groups in total. The molecular weight excluding hydrogens is 340 g/mol. The minimum absolute atomic E-state index is 0.0688. The normalized spacial score (nSPS) is 18.0. The number of rotatable bonds is 3. The molecule has 0 aliphatic carbocycles. The Labute approximate surface area is 147 Å². The highest BCUT2D eigenvalue weighted by atomic mass is 32.2. The lowest BCUT2D eigenvalue weighted by atomic mass is 10.1. The summed E-state index contributed by atoms with van der Waals surface area (Å²) in [5.41, 5.74) is 1.91. The number of morpholine rings is 1. The second kappa shape index (κ2) is 7.25. The van der Waals surface area contributed by atoms with E-state index in [1.54, 1.807) is 12.1 Å². The van der Waals surface area contributed by atoms with Crippen LogP contribution in [0.25, 0.3) is 0 Å². The van der Waals surface area contributed by atoms with E-state index < -0.39 is 16.1 Å². The molecule has 1 heterocycles. The first-order valence-corrected chi connectivity index (χ1v) is 9.49. The van der Waals surface area contributed by atoms with Crippen LogP contribution in [-0.4, -0.2) is 39.0 Å². The van der Waals surface area contributed by atoms with Gasteiger partial charge in [0.1, 0.15) is 6.10 Å². The molecule has 1 fully saturated rings. The zero-order valence-corrected chi connectivity index (χ0v) is 14.7. The molecule has 2 aromatic carbocycles. The average Bonchev–Trinajstić information content (AvgIpc) is 2.62. The van der Waals surface area contributed by atoms with Gasteiger partial charge in [-0.15, -0.1) is 0 Å². The van der Waals surface area contributed by atoms with Gasteiger partial charge in [0.15, 0.2) is 0 Å². The summed E-state index contributed by atoms with van der Waals surface area (Å²) in [6.07, 6.45) is -0.261. The van der Waals surface area contributed by atoms with E-state index in [0.29, 0.717) is 19.7 Å². The molecule has 132 valence electrons. The fourth-order valence-electron chi connectivity index (χ4n) is 2.66.